The van der Waals surface area contributed by atoms with Crippen LogP contribution >= 0.6 is 0 Å². The van der Waals surface area contributed by atoms with Crippen LogP contribution in [0.3, 0.4) is 0 Å². The first kappa shape index (κ1) is 28.6. The maximum absolute atomic E-state index is 12.7. The van der Waals surface area contributed by atoms with Crippen LogP contribution in [0, 0.1) is 12.3 Å². The Balaban J connectivity index is 1.45. The average molecular weight is 556 g/mol. The molecule has 1 atom stereocenters. The summed E-state index contributed by atoms with van der Waals surface area (Å²) in [6.45, 7) is 14.1. The van der Waals surface area contributed by atoms with Crippen molar-refractivity contribution in [1.82, 2.24) is 15.2 Å². The van der Waals surface area contributed by atoms with Crippen molar-refractivity contribution >= 4 is 29.0 Å². The van der Waals surface area contributed by atoms with Gasteiger partial charge in [0, 0.05) is 56.5 Å². The minimum absolute atomic E-state index is 0.0848. The van der Waals surface area contributed by atoms with Crippen LogP contribution in [0.1, 0.15) is 62.1 Å². The highest BCUT2D eigenvalue weighted by Gasteiger charge is 2.36. The summed E-state index contributed by atoms with van der Waals surface area (Å²) in [6.07, 6.45) is 10.4. The molecule has 3 aliphatic rings. The number of rotatable bonds is 8. The van der Waals surface area contributed by atoms with Gasteiger partial charge in [-0.25, -0.2) is 9.78 Å². The Morgan fingerprint density at radius 2 is 1.93 bits per heavy atom. The van der Waals surface area contributed by atoms with E-state index in [0.29, 0.717) is 31.0 Å². The predicted molar refractivity (Wildman–Crippen MR) is 164 cm³/mol. The van der Waals surface area contributed by atoms with E-state index in [4.69, 9.17) is 4.74 Å². The van der Waals surface area contributed by atoms with Crippen molar-refractivity contribution in [3.05, 3.63) is 83.2 Å². The third-order valence-electron chi connectivity index (χ3n) is 8.30. The Labute approximate surface area is 242 Å². The lowest BCUT2D eigenvalue weighted by Crippen LogP contribution is -2.35. The van der Waals surface area contributed by atoms with E-state index in [1.807, 2.05) is 18.2 Å². The number of ether oxygens (including phenoxy) is 1. The van der Waals surface area contributed by atoms with Gasteiger partial charge in [0.2, 0.25) is 5.91 Å². The molecule has 8 heteroatoms. The Hall–Kier alpha value is -3.91. The van der Waals surface area contributed by atoms with Crippen molar-refractivity contribution in [3.8, 4) is 0 Å². The van der Waals surface area contributed by atoms with Gasteiger partial charge in [0.15, 0.2) is 0 Å². The first-order valence-corrected chi connectivity index (χ1v) is 14.5. The highest BCUT2D eigenvalue weighted by atomic mass is 16.5. The van der Waals surface area contributed by atoms with E-state index in [2.05, 4.69) is 70.5 Å². The first-order chi connectivity index (χ1) is 19.7. The Bertz CT molecular complexity index is 1380. The number of nitrogens with one attached hydrogen (secondary N) is 3. The van der Waals surface area contributed by atoms with Crippen molar-refractivity contribution in [2.75, 3.05) is 43.5 Å². The number of pyridine rings is 1. The van der Waals surface area contributed by atoms with Crippen LogP contribution in [0.2, 0.25) is 0 Å². The largest absolute Gasteiger partial charge is 0.378 e. The molecule has 1 unspecified atom stereocenters. The highest BCUT2D eigenvalue weighted by molar-refractivity contribution is 5.91. The van der Waals surface area contributed by atoms with Gasteiger partial charge in [0.05, 0.1) is 13.2 Å². The fourth-order valence-corrected chi connectivity index (χ4v) is 5.49. The van der Waals surface area contributed by atoms with Crippen LogP contribution in [0.4, 0.5) is 16.3 Å². The van der Waals surface area contributed by atoms with Crippen LogP contribution in [0.25, 0.3) is 5.57 Å². The molecule has 2 aromatic rings. The van der Waals surface area contributed by atoms with Crippen molar-refractivity contribution in [2.45, 2.75) is 52.4 Å². The summed E-state index contributed by atoms with van der Waals surface area (Å²) in [5, 5.41) is 8.84. The lowest BCUT2D eigenvalue weighted by Gasteiger charge is -2.31. The average Bonchev–Trinajstić information content (AvgIpc) is 3.71. The lowest BCUT2D eigenvalue weighted by atomic mass is 9.88. The fourth-order valence-electron chi connectivity index (χ4n) is 5.49. The smallest absolute Gasteiger partial charge is 0.319 e. The number of urea groups is 1. The van der Waals surface area contributed by atoms with Crippen LogP contribution in [-0.2, 0) is 9.53 Å². The Kier molecular flexibility index (Phi) is 8.59. The van der Waals surface area contributed by atoms with Gasteiger partial charge < -0.3 is 25.6 Å². The SMILES string of the molecule is C=C1CC(N2CCOCC2)=CC(c2cc(NC(=O)NCCC3(C)CC3)ccc2C)=CC1c1ccnc(NC(C)=O)c1. The molecule has 3 N–H and O–H groups in total. The normalized spacial score (nSPS) is 19.9. The van der Waals surface area contributed by atoms with E-state index in [0.717, 1.165) is 59.5 Å². The third kappa shape index (κ3) is 7.44. The predicted octanol–water partition coefficient (Wildman–Crippen LogP) is 6.00. The molecule has 1 aromatic carbocycles. The number of anilines is 2. The second-order valence-corrected chi connectivity index (χ2v) is 11.8. The molecule has 1 saturated carbocycles. The minimum Gasteiger partial charge on any atom is -0.378 e. The number of aromatic nitrogens is 1. The Morgan fingerprint density at radius 1 is 1.15 bits per heavy atom. The molecule has 216 valence electrons. The number of hydrogen-bond acceptors (Lipinski definition) is 5. The molecular weight excluding hydrogens is 514 g/mol. The van der Waals surface area contributed by atoms with Gasteiger partial charge in [0.25, 0.3) is 0 Å². The molecule has 2 heterocycles. The topological polar surface area (TPSA) is 95.6 Å². The summed E-state index contributed by atoms with van der Waals surface area (Å²) in [6, 6.07) is 9.77. The molecule has 0 bridgehead atoms. The van der Waals surface area contributed by atoms with Crippen LogP contribution in [-0.4, -0.2) is 54.7 Å². The quantitative estimate of drug-likeness (QED) is 0.347. The minimum atomic E-state index is -0.183. The van der Waals surface area contributed by atoms with Crippen molar-refractivity contribution in [3.63, 3.8) is 0 Å². The van der Waals surface area contributed by atoms with Gasteiger partial charge in [-0.05, 0) is 84.2 Å². The number of morpholine rings is 1. The standard InChI is InChI=1S/C33H41N5O3/c1-22-5-6-27(37-32(40)35-12-10-33(4)8-9-33)21-30(22)26-18-28(38-13-15-41-16-14-38)17-23(2)29(19-26)25-7-11-34-31(20-25)36-24(3)39/h5-7,11,18-21,29H,2,8-10,12-17H2,1,3-4H3,(H,34,36,39)(H2,35,37,40). The zero-order valence-electron chi connectivity index (χ0n) is 24.4. The second kappa shape index (κ2) is 12.3. The number of benzene rings is 1. The number of hydrogen-bond donors (Lipinski definition) is 3. The molecule has 0 radical (unpaired) electrons. The summed E-state index contributed by atoms with van der Waals surface area (Å²) >= 11 is 0. The van der Waals surface area contributed by atoms with Crippen molar-refractivity contribution < 1.29 is 14.3 Å². The molecule has 41 heavy (non-hydrogen) atoms. The van der Waals surface area contributed by atoms with Gasteiger partial charge in [0.1, 0.15) is 5.82 Å². The molecule has 1 saturated heterocycles. The molecule has 1 aliphatic heterocycles. The lowest BCUT2D eigenvalue weighted by molar-refractivity contribution is -0.114. The van der Waals surface area contributed by atoms with Crippen molar-refractivity contribution in [1.29, 1.82) is 0 Å². The van der Waals surface area contributed by atoms with Gasteiger partial charge >= 0.3 is 6.03 Å². The van der Waals surface area contributed by atoms with Crippen LogP contribution in [0.15, 0.2) is 66.5 Å². The van der Waals surface area contributed by atoms with E-state index < -0.39 is 0 Å². The Morgan fingerprint density at radius 3 is 2.66 bits per heavy atom. The zero-order chi connectivity index (χ0) is 29.0. The van der Waals surface area contributed by atoms with E-state index in [1.165, 1.54) is 25.5 Å². The molecule has 1 aromatic heterocycles. The van der Waals surface area contributed by atoms with Gasteiger partial charge in [-0.15, -0.1) is 0 Å². The maximum Gasteiger partial charge on any atom is 0.319 e. The van der Waals surface area contributed by atoms with Crippen LogP contribution < -0.4 is 16.0 Å². The monoisotopic (exact) mass is 555 g/mol. The number of allylic oxidation sites excluding steroid dienone is 4. The van der Waals surface area contributed by atoms with Gasteiger partial charge in [-0.1, -0.05) is 31.2 Å². The second-order valence-electron chi connectivity index (χ2n) is 11.8. The summed E-state index contributed by atoms with van der Waals surface area (Å²) in [5.41, 5.74) is 7.66. The maximum atomic E-state index is 12.7. The molecular formula is C33H41N5O3. The number of carbonyl (C=O) groups excluding carboxylic acids is 2. The molecule has 3 amide bonds. The molecule has 2 aliphatic carbocycles. The summed E-state index contributed by atoms with van der Waals surface area (Å²) < 4.78 is 5.62. The summed E-state index contributed by atoms with van der Waals surface area (Å²) in [7, 11) is 0. The van der Waals surface area contributed by atoms with E-state index in [9.17, 15) is 9.59 Å². The third-order valence-corrected chi connectivity index (χ3v) is 8.30. The molecule has 8 nitrogen and oxygen atoms in total. The van der Waals surface area contributed by atoms with Crippen LogP contribution in [0.5, 0.6) is 0 Å². The summed E-state index contributed by atoms with van der Waals surface area (Å²) in [5.74, 6) is 0.276. The number of amides is 3. The molecule has 5 rings (SSSR count). The van der Waals surface area contributed by atoms with E-state index >= 15 is 0 Å². The molecule has 2 fully saturated rings. The fraction of sp³-hybridized carbons (Fsp3) is 0.424. The van der Waals surface area contributed by atoms with Crippen molar-refractivity contribution in [2.24, 2.45) is 5.41 Å². The number of nitrogens with zero attached hydrogens (tertiary/aromatic N) is 2. The zero-order valence-corrected chi connectivity index (χ0v) is 24.4. The number of carbonyl (C=O) groups is 2. The molecule has 0 spiro atoms. The van der Waals surface area contributed by atoms with Gasteiger partial charge in [-0.3, -0.25) is 4.79 Å². The van der Waals surface area contributed by atoms with E-state index in [1.54, 1.807) is 6.20 Å². The van der Waals surface area contributed by atoms with Gasteiger partial charge in [-0.2, -0.15) is 0 Å². The number of aryl methyl sites for hydroxylation is 1. The highest BCUT2D eigenvalue weighted by Crippen LogP contribution is 2.47. The first-order valence-electron chi connectivity index (χ1n) is 14.5. The summed E-state index contributed by atoms with van der Waals surface area (Å²) in [4.78, 5) is 31.1. The van der Waals surface area contributed by atoms with E-state index in [-0.39, 0.29) is 17.9 Å².